The molecule has 7 heteroatoms. The van der Waals surface area contributed by atoms with Crippen LogP contribution in [0.3, 0.4) is 0 Å². The second-order valence-electron chi connectivity index (χ2n) is 3.95. The van der Waals surface area contributed by atoms with Crippen molar-refractivity contribution in [2.75, 3.05) is 6.61 Å². The summed E-state index contributed by atoms with van der Waals surface area (Å²) in [6.07, 6.45) is -2.59. The van der Waals surface area contributed by atoms with E-state index in [4.69, 9.17) is 5.73 Å². The van der Waals surface area contributed by atoms with Crippen LogP contribution in [0.15, 0.2) is 0 Å². The van der Waals surface area contributed by atoms with Crippen molar-refractivity contribution >= 4 is 6.09 Å². The van der Waals surface area contributed by atoms with Crippen molar-refractivity contribution in [3.63, 3.8) is 0 Å². The molecule has 0 spiro atoms. The molecular weight excluding hydrogens is 225 g/mol. The molecular formula is C9H15F3N2O2. The third-order valence-electron chi connectivity index (χ3n) is 2.46. The van der Waals surface area contributed by atoms with Crippen LogP contribution >= 0.6 is 0 Å². The lowest BCUT2D eigenvalue weighted by atomic mass is 9.92. The highest BCUT2D eigenvalue weighted by Crippen LogP contribution is 2.18. The molecule has 1 aliphatic carbocycles. The third-order valence-corrected chi connectivity index (χ3v) is 2.46. The molecule has 0 heterocycles. The van der Waals surface area contributed by atoms with E-state index in [2.05, 4.69) is 10.1 Å². The number of carbonyl (C=O) groups is 1. The van der Waals surface area contributed by atoms with Crippen LogP contribution in [0, 0.1) is 0 Å². The number of halogens is 3. The van der Waals surface area contributed by atoms with E-state index in [0.717, 1.165) is 12.8 Å². The number of hydrogen-bond acceptors (Lipinski definition) is 3. The summed E-state index contributed by atoms with van der Waals surface area (Å²) in [4.78, 5) is 11.0. The summed E-state index contributed by atoms with van der Waals surface area (Å²) in [6.45, 7) is -1.55. The van der Waals surface area contributed by atoms with Gasteiger partial charge >= 0.3 is 12.3 Å². The fourth-order valence-electron chi connectivity index (χ4n) is 1.62. The normalized spacial score (nSPS) is 26.2. The van der Waals surface area contributed by atoms with Crippen LogP contribution in [-0.4, -0.2) is 31.0 Å². The number of ether oxygens (including phenoxy) is 1. The van der Waals surface area contributed by atoms with Gasteiger partial charge in [0.2, 0.25) is 0 Å². The highest BCUT2D eigenvalue weighted by Gasteiger charge is 2.30. The molecule has 0 unspecified atom stereocenters. The smallest absolute Gasteiger partial charge is 0.422 e. The van der Waals surface area contributed by atoms with E-state index in [1.807, 2.05) is 0 Å². The maximum absolute atomic E-state index is 11.7. The number of nitrogens with two attached hydrogens (primary N) is 1. The van der Waals surface area contributed by atoms with Crippen LogP contribution < -0.4 is 11.1 Å². The summed E-state index contributed by atoms with van der Waals surface area (Å²) in [6, 6.07) is 0.00443. The van der Waals surface area contributed by atoms with E-state index >= 15 is 0 Å². The summed E-state index contributed by atoms with van der Waals surface area (Å²) in [5.74, 6) is 0. The van der Waals surface area contributed by atoms with Crippen LogP contribution in [0.5, 0.6) is 0 Å². The van der Waals surface area contributed by atoms with E-state index in [0.29, 0.717) is 12.8 Å². The molecule has 0 radical (unpaired) electrons. The molecule has 0 aromatic heterocycles. The standard InChI is InChI=1S/C9H15F3N2O2/c10-9(11,12)5-16-8(15)14-7-3-1-6(13)2-4-7/h6-7H,1-5,13H2,(H,14,15). The Kier molecular flexibility index (Phi) is 4.40. The first-order valence-corrected chi connectivity index (χ1v) is 5.12. The maximum Gasteiger partial charge on any atom is 0.422 e. The van der Waals surface area contributed by atoms with Gasteiger partial charge in [-0.15, -0.1) is 0 Å². The van der Waals surface area contributed by atoms with Crippen molar-refractivity contribution in [1.82, 2.24) is 5.32 Å². The Bertz CT molecular complexity index is 237. The van der Waals surface area contributed by atoms with E-state index in [9.17, 15) is 18.0 Å². The van der Waals surface area contributed by atoms with Crippen molar-refractivity contribution in [3.05, 3.63) is 0 Å². The predicted molar refractivity (Wildman–Crippen MR) is 50.8 cm³/mol. The SMILES string of the molecule is NC1CCC(NC(=O)OCC(F)(F)F)CC1. The number of carbonyl (C=O) groups excluding carboxylic acids is 1. The van der Waals surface area contributed by atoms with E-state index in [1.165, 1.54) is 0 Å². The van der Waals surface area contributed by atoms with Gasteiger partial charge in [-0.25, -0.2) is 4.79 Å². The van der Waals surface area contributed by atoms with Crippen molar-refractivity contribution in [2.45, 2.75) is 43.9 Å². The Balaban J connectivity index is 2.19. The zero-order chi connectivity index (χ0) is 12.2. The van der Waals surface area contributed by atoms with Gasteiger partial charge in [-0.2, -0.15) is 13.2 Å². The van der Waals surface area contributed by atoms with Crippen molar-refractivity contribution in [1.29, 1.82) is 0 Å². The largest absolute Gasteiger partial charge is 0.440 e. The van der Waals surface area contributed by atoms with Gasteiger partial charge in [0.05, 0.1) is 0 Å². The lowest BCUT2D eigenvalue weighted by molar-refractivity contribution is -0.160. The van der Waals surface area contributed by atoms with Gasteiger partial charge in [0.15, 0.2) is 6.61 Å². The molecule has 0 aromatic rings. The van der Waals surface area contributed by atoms with Crippen LogP contribution in [0.25, 0.3) is 0 Å². The van der Waals surface area contributed by atoms with Crippen LogP contribution in [0.4, 0.5) is 18.0 Å². The lowest BCUT2D eigenvalue weighted by Gasteiger charge is -2.26. The fourth-order valence-corrected chi connectivity index (χ4v) is 1.62. The molecule has 94 valence electrons. The first-order valence-electron chi connectivity index (χ1n) is 5.12. The van der Waals surface area contributed by atoms with E-state index in [1.54, 1.807) is 0 Å². The van der Waals surface area contributed by atoms with Crippen LogP contribution in [-0.2, 0) is 4.74 Å². The molecule has 16 heavy (non-hydrogen) atoms. The molecule has 1 aliphatic rings. The molecule has 0 saturated heterocycles. The quantitative estimate of drug-likeness (QED) is 0.769. The fraction of sp³-hybridized carbons (Fsp3) is 0.889. The number of hydrogen-bond donors (Lipinski definition) is 2. The van der Waals surface area contributed by atoms with Gasteiger partial charge in [0, 0.05) is 12.1 Å². The zero-order valence-corrected chi connectivity index (χ0v) is 8.72. The molecule has 1 saturated carbocycles. The Morgan fingerprint density at radius 3 is 2.38 bits per heavy atom. The summed E-state index contributed by atoms with van der Waals surface area (Å²) in [7, 11) is 0. The predicted octanol–water partition coefficient (Wildman–Crippen LogP) is 1.54. The highest BCUT2D eigenvalue weighted by atomic mass is 19.4. The van der Waals surface area contributed by atoms with Gasteiger partial charge in [-0.1, -0.05) is 0 Å². The number of amides is 1. The second-order valence-corrected chi connectivity index (χ2v) is 3.95. The summed E-state index contributed by atoms with van der Waals surface area (Å²) < 4.78 is 39.2. The lowest BCUT2D eigenvalue weighted by Crippen LogP contribution is -2.41. The summed E-state index contributed by atoms with van der Waals surface area (Å²) in [5, 5.41) is 2.40. The molecule has 1 fully saturated rings. The van der Waals surface area contributed by atoms with Crippen molar-refractivity contribution < 1.29 is 22.7 Å². The van der Waals surface area contributed by atoms with Crippen molar-refractivity contribution in [3.8, 4) is 0 Å². The number of alkyl halides is 3. The molecule has 4 nitrogen and oxygen atoms in total. The van der Waals surface area contributed by atoms with Crippen LogP contribution in [0.2, 0.25) is 0 Å². The molecule has 1 rings (SSSR count). The number of nitrogens with one attached hydrogen (secondary N) is 1. The number of rotatable bonds is 2. The molecule has 0 atom stereocenters. The first-order chi connectivity index (χ1) is 7.37. The van der Waals surface area contributed by atoms with Gasteiger partial charge in [0.1, 0.15) is 0 Å². The number of alkyl carbamates (subject to hydrolysis) is 1. The van der Waals surface area contributed by atoms with Gasteiger partial charge < -0.3 is 15.8 Å². The van der Waals surface area contributed by atoms with Crippen molar-refractivity contribution in [2.24, 2.45) is 5.73 Å². The molecule has 3 N–H and O–H groups in total. The van der Waals surface area contributed by atoms with E-state index in [-0.39, 0.29) is 12.1 Å². The third kappa shape index (κ3) is 5.20. The molecule has 0 bridgehead atoms. The average molecular weight is 240 g/mol. The first kappa shape index (κ1) is 13.1. The Hall–Kier alpha value is -0.980. The van der Waals surface area contributed by atoms with E-state index < -0.39 is 18.9 Å². The van der Waals surface area contributed by atoms with Gasteiger partial charge in [0.25, 0.3) is 0 Å². The minimum absolute atomic E-state index is 0.125. The minimum Gasteiger partial charge on any atom is -0.440 e. The Morgan fingerprint density at radius 1 is 1.31 bits per heavy atom. The molecule has 1 amide bonds. The monoisotopic (exact) mass is 240 g/mol. The molecule has 0 aliphatic heterocycles. The topological polar surface area (TPSA) is 64.3 Å². The average Bonchev–Trinajstić information content (AvgIpc) is 2.18. The summed E-state index contributed by atoms with van der Waals surface area (Å²) in [5.41, 5.74) is 5.65. The molecule has 0 aromatic carbocycles. The maximum atomic E-state index is 11.7. The Labute approximate surface area is 91.3 Å². The summed E-state index contributed by atoms with van der Waals surface area (Å²) >= 11 is 0. The van der Waals surface area contributed by atoms with Gasteiger partial charge in [-0.05, 0) is 25.7 Å². The Morgan fingerprint density at radius 2 is 1.88 bits per heavy atom. The highest BCUT2D eigenvalue weighted by molar-refractivity contribution is 5.67. The zero-order valence-electron chi connectivity index (χ0n) is 8.72. The minimum atomic E-state index is -4.48. The second kappa shape index (κ2) is 5.38. The van der Waals surface area contributed by atoms with Gasteiger partial charge in [-0.3, -0.25) is 0 Å². The van der Waals surface area contributed by atoms with Crippen LogP contribution in [0.1, 0.15) is 25.7 Å².